The van der Waals surface area contributed by atoms with Gasteiger partial charge in [-0.3, -0.25) is 9.80 Å². The number of anilines is 2. The Labute approximate surface area is 156 Å². The second-order valence-electron chi connectivity index (χ2n) is 6.50. The van der Waals surface area contributed by atoms with E-state index < -0.39 is 24.5 Å². The Morgan fingerprint density at radius 1 is 1.44 bits per heavy atom. The molecule has 2 rings (SSSR count). The fourth-order valence-electron chi connectivity index (χ4n) is 3.26. The molecule has 1 fully saturated rings. The molecule has 1 aliphatic rings. The molecule has 1 N–H and O–H groups in total. The van der Waals surface area contributed by atoms with E-state index in [1.54, 1.807) is 20.2 Å². The second kappa shape index (κ2) is 8.55. The topological polar surface area (TPSA) is 64.6 Å². The minimum Gasteiger partial charge on any atom is -0.372 e. The Balaban J connectivity index is 2.14. The van der Waals surface area contributed by atoms with Gasteiger partial charge < -0.3 is 10.2 Å². The lowest BCUT2D eigenvalue weighted by atomic mass is 9.97. The Hall–Kier alpha value is -2.36. The lowest BCUT2D eigenvalue weighted by Crippen LogP contribution is -2.51. The molecule has 150 valence electrons. The van der Waals surface area contributed by atoms with Gasteiger partial charge in [0.1, 0.15) is 18.7 Å². The Bertz CT molecular complexity index is 681. The van der Waals surface area contributed by atoms with Crippen LogP contribution in [0.15, 0.2) is 12.9 Å². The quantitative estimate of drug-likeness (QED) is 0.809. The smallest absolute Gasteiger partial charge is 0.372 e. The van der Waals surface area contributed by atoms with Gasteiger partial charge in [0.25, 0.3) is 0 Å². The van der Waals surface area contributed by atoms with Crippen molar-refractivity contribution in [2.24, 2.45) is 5.92 Å². The third-order valence-electron chi connectivity index (χ3n) is 4.58. The van der Waals surface area contributed by atoms with Gasteiger partial charge in [-0.25, -0.2) is 15.0 Å². The van der Waals surface area contributed by atoms with E-state index in [1.165, 1.54) is 13.4 Å². The fourth-order valence-corrected chi connectivity index (χ4v) is 3.26. The van der Waals surface area contributed by atoms with Gasteiger partial charge in [-0.15, -0.1) is 0 Å². The van der Waals surface area contributed by atoms with E-state index in [1.807, 2.05) is 10.0 Å². The van der Waals surface area contributed by atoms with Crippen LogP contribution in [0.5, 0.6) is 0 Å². The Morgan fingerprint density at radius 3 is 2.74 bits per heavy atom. The summed E-state index contributed by atoms with van der Waals surface area (Å²) in [5, 5.41) is 6.70. The van der Waals surface area contributed by atoms with Crippen molar-refractivity contribution in [1.82, 2.24) is 19.9 Å². The summed E-state index contributed by atoms with van der Waals surface area (Å²) in [5.74, 6) is 0.247. The summed E-state index contributed by atoms with van der Waals surface area (Å²) < 4.78 is 37.7. The highest BCUT2D eigenvalue weighted by Gasteiger charge is 2.35. The van der Waals surface area contributed by atoms with Crippen molar-refractivity contribution in [2.75, 3.05) is 51.1 Å². The first kappa shape index (κ1) is 20.9. The van der Waals surface area contributed by atoms with Crippen molar-refractivity contribution in [1.29, 1.82) is 0 Å². The normalized spacial score (nSPS) is 18.1. The largest absolute Gasteiger partial charge is 0.406 e. The number of nitrogens with one attached hydrogen (secondary N) is 1. The standard InChI is InChI=1S/C17H25F3N6O/c1-5-13-14(21-2)22-11-23-15(13)25(4)26-8-6-7-12(9-26)16(27)24(3)10-17(18,19)20/h5,11-12H,1,6-10H2,2-4H3,(H,21,22,23). The van der Waals surface area contributed by atoms with Crippen LogP contribution in [0.25, 0.3) is 6.08 Å². The van der Waals surface area contributed by atoms with Crippen LogP contribution in [0.1, 0.15) is 18.4 Å². The maximum Gasteiger partial charge on any atom is 0.406 e. The molecule has 7 nitrogen and oxygen atoms in total. The zero-order valence-electron chi connectivity index (χ0n) is 15.8. The molecule has 0 saturated carbocycles. The van der Waals surface area contributed by atoms with Crippen molar-refractivity contribution >= 4 is 23.6 Å². The number of hydrogen-bond acceptors (Lipinski definition) is 6. The van der Waals surface area contributed by atoms with Gasteiger partial charge in [-0.1, -0.05) is 12.7 Å². The number of halogens is 3. The van der Waals surface area contributed by atoms with E-state index in [0.29, 0.717) is 43.1 Å². The second-order valence-corrected chi connectivity index (χ2v) is 6.50. The lowest BCUT2D eigenvalue weighted by molar-refractivity contribution is -0.162. The van der Waals surface area contributed by atoms with Crippen molar-refractivity contribution in [3.63, 3.8) is 0 Å². The van der Waals surface area contributed by atoms with E-state index in [0.717, 1.165) is 4.90 Å². The number of aromatic nitrogens is 2. The molecular weight excluding hydrogens is 361 g/mol. The zero-order chi connectivity index (χ0) is 20.2. The van der Waals surface area contributed by atoms with Gasteiger partial charge in [0.2, 0.25) is 5.91 Å². The summed E-state index contributed by atoms with van der Waals surface area (Å²) in [7, 11) is 4.74. The first-order chi connectivity index (χ1) is 12.7. The van der Waals surface area contributed by atoms with Gasteiger partial charge in [0, 0.05) is 34.2 Å². The number of hydrogen-bond donors (Lipinski definition) is 1. The highest BCUT2D eigenvalue weighted by molar-refractivity contribution is 5.79. The third kappa shape index (κ3) is 5.09. The van der Waals surface area contributed by atoms with Crippen molar-refractivity contribution in [3.05, 3.63) is 18.5 Å². The number of hydrazine groups is 1. The molecule has 2 heterocycles. The van der Waals surface area contributed by atoms with Crippen LogP contribution >= 0.6 is 0 Å². The molecule has 1 atom stereocenters. The molecule has 0 bridgehead atoms. The number of carbonyl (C=O) groups excluding carboxylic acids is 1. The van der Waals surface area contributed by atoms with Gasteiger partial charge in [-0.2, -0.15) is 13.2 Å². The van der Waals surface area contributed by atoms with Crippen LogP contribution in [-0.4, -0.2) is 72.7 Å². The van der Waals surface area contributed by atoms with Crippen LogP contribution in [0.4, 0.5) is 24.8 Å². The highest BCUT2D eigenvalue weighted by atomic mass is 19.4. The molecular formula is C17H25F3N6O. The number of piperidine rings is 1. The molecule has 10 heteroatoms. The summed E-state index contributed by atoms with van der Waals surface area (Å²) >= 11 is 0. The zero-order valence-corrected chi connectivity index (χ0v) is 15.8. The Kier molecular flexibility index (Phi) is 6.63. The molecule has 1 aromatic heterocycles. The highest BCUT2D eigenvalue weighted by Crippen LogP contribution is 2.28. The predicted octanol–water partition coefficient (Wildman–Crippen LogP) is 2.25. The number of nitrogens with zero attached hydrogens (tertiary/aromatic N) is 5. The number of rotatable bonds is 6. The van der Waals surface area contributed by atoms with Gasteiger partial charge in [0.15, 0.2) is 5.82 Å². The monoisotopic (exact) mass is 386 g/mol. The lowest BCUT2D eigenvalue weighted by Gasteiger charge is -2.39. The molecule has 0 aromatic carbocycles. The average Bonchev–Trinajstić information content (AvgIpc) is 2.64. The van der Waals surface area contributed by atoms with E-state index in [2.05, 4.69) is 21.9 Å². The van der Waals surface area contributed by atoms with Crippen molar-refractivity contribution < 1.29 is 18.0 Å². The molecule has 1 unspecified atom stereocenters. The van der Waals surface area contributed by atoms with Crippen LogP contribution < -0.4 is 10.3 Å². The van der Waals surface area contributed by atoms with Crippen molar-refractivity contribution in [2.45, 2.75) is 19.0 Å². The van der Waals surface area contributed by atoms with Gasteiger partial charge >= 0.3 is 6.18 Å². The maximum absolute atomic E-state index is 12.6. The SMILES string of the molecule is C=Cc1c(NC)ncnc1N(C)N1CCCC(C(=O)N(C)CC(F)(F)F)C1. The minimum atomic E-state index is -4.40. The molecule has 0 aliphatic carbocycles. The van der Waals surface area contributed by atoms with Gasteiger partial charge in [-0.05, 0) is 12.8 Å². The number of carbonyl (C=O) groups is 1. The van der Waals surface area contributed by atoms with E-state index in [9.17, 15) is 18.0 Å². The molecule has 1 saturated heterocycles. The molecule has 27 heavy (non-hydrogen) atoms. The van der Waals surface area contributed by atoms with E-state index in [4.69, 9.17) is 0 Å². The summed E-state index contributed by atoms with van der Waals surface area (Å²) in [6.07, 6.45) is -0.0755. The van der Waals surface area contributed by atoms with Crippen LogP contribution in [-0.2, 0) is 4.79 Å². The van der Waals surface area contributed by atoms with E-state index in [-0.39, 0.29) is 0 Å². The minimum absolute atomic E-state index is 0.326. The molecule has 1 aromatic rings. The summed E-state index contributed by atoms with van der Waals surface area (Å²) in [5.41, 5.74) is 0.713. The molecule has 1 amide bonds. The third-order valence-corrected chi connectivity index (χ3v) is 4.58. The first-order valence-corrected chi connectivity index (χ1v) is 8.63. The molecule has 1 aliphatic heterocycles. The van der Waals surface area contributed by atoms with E-state index >= 15 is 0 Å². The molecule has 0 radical (unpaired) electrons. The average molecular weight is 386 g/mol. The number of alkyl halides is 3. The van der Waals surface area contributed by atoms with Crippen molar-refractivity contribution in [3.8, 4) is 0 Å². The summed E-state index contributed by atoms with van der Waals surface area (Å²) in [6.45, 7) is 3.56. The summed E-state index contributed by atoms with van der Waals surface area (Å²) in [4.78, 5) is 21.6. The summed E-state index contributed by atoms with van der Waals surface area (Å²) in [6, 6.07) is 0. The van der Waals surface area contributed by atoms with Crippen LogP contribution in [0, 0.1) is 5.92 Å². The fraction of sp³-hybridized carbons (Fsp3) is 0.588. The van der Waals surface area contributed by atoms with Crippen LogP contribution in [0.2, 0.25) is 0 Å². The van der Waals surface area contributed by atoms with Gasteiger partial charge in [0.05, 0.1) is 11.5 Å². The first-order valence-electron chi connectivity index (χ1n) is 8.63. The maximum atomic E-state index is 12.6. The molecule has 0 spiro atoms. The van der Waals surface area contributed by atoms with Crippen LogP contribution in [0.3, 0.4) is 0 Å². The Morgan fingerprint density at radius 2 is 2.15 bits per heavy atom. The predicted molar refractivity (Wildman–Crippen MR) is 98.1 cm³/mol. The number of amides is 1.